The number of para-hydroxylation sites is 1. The number of aromatic nitrogens is 3. The van der Waals surface area contributed by atoms with Crippen LogP contribution in [0.3, 0.4) is 0 Å². The number of rotatable bonds is 4. The Morgan fingerprint density at radius 3 is 2.25 bits per heavy atom. The Morgan fingerprint density at radius 1 is 0.938 bits per heavy atom. The minimum absolute atomic E-state index is 0.186. The fourth-order valence-corrected chi connectivity index (χ4v) is 4.63. The number of piperazine rings is 2. The molecule has 2 aliphatic rings. The number of likely N-dealkylation sites (N-methyl/N-ethyl adjacent to an activating group) is 1. The first-order valence-electron chi connectivity index (χ1n) is 11.4. The van der Waals surface area contributed by atoms with Gasteiger partial charge in [-0.3, -0.25) is 4.79 Å². The van der Waals surface area contributed by atoms with Crippen LogP contribution in [0.1, 0.15) is 11.4 Å². The van der Waals surface area contributed by atoms with Crippen molar-refractivity contribution in [3.8, 4) is 0 Å². The zero-order valence-corrected chi connectivity index (χ0v) is 18.9. The molecule has 0 atom stereocenters. The molecule has 5 rings (SSSR count). The van der Waals surface area contributed by atoms with Crippen LogP contribution >= 0.6 is 0 Å². The summed E-state index contributed by atoms with van der Waals surface area (Å²) in [6.07, 6.45) is 2.40. The van der Waals surface area contributed by atoms with Crippen LogP contribution in [0, 0.1) is 6.92 Å². The standard InChI is InChI=1S/C24H31N7O/c1-18-26-22(29-9-7-28(2)8-10-29)16-23(27-18)30-11-13-31(14-12-30)24(32)15-19-17-25-21-6-4-3-5-20(19)21/h3-6,16-17,25H,7-15H2,1-2H3. The highest BCUT2D eigenvalue weighted by Crippen LogP contribution is 2.23. The molecule has 1 N–H and O–H groups in total. The van der Waals surface area contributed by atoms with Crippen molar-refractivity contribution in [3.05, 3.63) is 47.9 Å². The number of carbonyl (C=O) groups excluding carboxylic acids is 1. The first-order valence-corrected chi connectivity index (χ1v) is 11.4. The number of amides is 1. The van der Waals surface area contributed by atoms with Gasteiger partial charge in [0, 0.05) is 75.5 Å². The maximum absolute atomic E-state index is 13.0. The van der Waals surface area contributed by atoms with E-state index < -0.39 is 0 Å². The van der Waals surface area contributed by atoms with Crippen molar-refractivity contribution < 1.29 is 4.79 Å². The third kappa shape index (κ3) is 4.27. The predicted octanol–water partition coefficient (Wildman–Crippen LogP) is 1.91. The Bertz CT molecular complexity index is 1090. The summed E-state index contributed by atoms with van der Waals surface area (Å²) >= 11 is 0. The molecular weight excluding hydrogens is 402 g/mol. The lowest BCUT2D eigenvalue weighted by atomic mass is 10.1. The number of carbonyl (C=O) groups is 1. The van der Waals surface area contributed by atoms with Crippen LogP contribution in [0.25, 0.3) is 10.9 Å². The fraction of sp³-hybridized carbons (Fsp3) is 0.458. The molecule has 0 aliphatic carbocycles. The van der Waals surface area contributed by atoms with Gasteiger partial charge in [-0.15, -0.1) is 0 Å². The average molecular weight is 434 g/mol. The van der Waals surface area contributed by atoms with Crippen molar-refractivity contribution in [2.45, 2.75) is 13.3 Å². The van der Waals surface area contributed by atoms with Crippen molar-refractivity contribution >= 4 is 28.4 Å². The van der Waals surface area contributed by atoms with E-state index in [0.29, 0.717) is 19.5 Å². The van der Waals surface area contributed by atoms with Gasteiger partial charge in [0.15, 0.2) is 0 Å². The van der Waals surface area contributed by atoms with Gasteiger partial charge in [0.1, 0.15) is 17.5 Å². The van der Waals surface area contributed by atoms with Gasteiger partial charge in [0.05, 0.1) is 6.42 Å². The Morgan fingerprint density at radius 2 is 1.56 bits per heavy atom. The Hall–Kier alpha value is -3.13. The first-order chi connectivity index (χ1) is 15.6. The molecule has 4 heterocycles. The van der Waals surface area contributed by atoms with Gasteiger partial charge in [-0.25, -0.2) is 9.97 Å². The molecule has 0 unspecified atom stereocenters. The summed E-state index contributed by atoms with van der Waals surface area (Å²) in [7, 11) is 2.16. The molecular formula is C24H31N7O. The topological polar surface area (TPSA) is 71.6 Å². The normalized spacial score (nSPS) is 17.9. The van der Waals surface area contributed by atoms with Crippen molar-refractivity contribution in [3.63, 3.8) is 0 Å². The van der Waals surface area contributed by atoms with E-state index in [1.807, 2.05) is 36.2 Å². The molecule has 1 aromatic carbocycles. The molecule has 168 valence electrons. The van der Waals surface area contributed by atoms with E-state index >= 15 is 0 Å². The summed E-state index contributed by atoms with van der Waals surface area (Å²) in [4.78, 5) is 34.6. The van der Waals surface area contributed by atoms with E-state index in [1.54, 1.807) is 0 Å². The minimum Gasteiger partial charge on any atom is -0.361 e. The largest absolute Gasteiger partial charge is 0.361 e. The molecule has 32 heavy (non-hydrogen) atoms. The number of benzene rings is 1. The van der Waals surface area contributed by atoms with Crippen LogP contribution in [0.15, 0.2) is 36.5 Å². The minimum atomic E-state index is 0.186. The third-order valence-corrected chi connectivity index (χ3v) is 6.61. The van der Waals surface area contributed by atoms with E-state index in [1.165, 1.54) is 0 Å². The number of hydrogen-bond donors (Lipinski definition) is 1. The van der Waals surface area contributed by atoms with Gasteiger partial charge in [-0.05, 0) is 25.6 Å². The summed E-state index contributed by atoms with van der Waals surface area (Å²) in [6, 6.07) is 10.3. The smallest absolute Gasteiger partial charge is 0.227 e. The number of nitrogens with one attached hydrogen (secondary N) is 1. The Labute approximate surface area is 188 Å². The maximum atomic E-state index is 13.0. The summed E-state index contributed by atoms with van der Waals surface area (Å²) in [6.45, 7) is 9.05. The second-order valence-electron chi connectivity index (χ2n) is 8.83. The molecule has 8 heteroatoms. The number of H-pyrrole nitrogens is 1. The zero-order valence-electron chi connectivity index (χ0n) is 18.9. The van der Waals surface area contributed by atoms with E-state index in [9.17, 15) is 4.79 Å². The fourth-order valence-electron chi connectivity index (χ4n) is 4.63. The summed E-state index contributed by atoms with van der Waals surface area (Å²) in [5.41, 5.74) is 2.15. The highest BCUT2D eigenvalue weighted by molar-refractivity contribution is 5.89. The molecule has 0 spiro atoms. The summed E-state index contributed by atoms with van der Waals surface area (Å²) < 4.78 is 0. The van der Waals surface area contributed by atoms with Gasteiger partial charge in [0.25, 0.3) is 0 Å². The maximum Gasteiger partial charge on any atom is 0.227 e. The molecule has 0 bridgehead atoms. The predicted molar refractivity (Wildman–Crippen MR) is 127 cm³/mol. The molecule has 0 saturated carbocycles. The number of nitrogens with zero attached hydrogens (tertiary/aromatic N) is 6. The molecule has 1 amide bonds. The summed E-state index contributed by atoms with van der Waals surface area (Å²) in [5.74, 6) is 2.97. The molecule has 8 nitrogen and oxygen atoms in total. The Balaban J connectivity index is 1.22. The highest BCUT2D eigenvalue weighted by atomic mass is 16.2. The van der Waals surface area contributed by atoms with Gasteiger partial charge >= 0.3 is 0 Å². The first kappa shape index (κ1) is 20.8. The lowest BCUT2D eigenvalue weighted by Gasteiger charge is -2.37. The molecule has 0 radical (unpaired) electrons. The van der Waals surface area contributed by atoms with Crippen molar-refractivity contribution in [1.29, 1.82) is 0 Å². The number of fused-ring (bicyclic) bond motifs is 1. The van der Waals surface area contributed by atoms with Crippen LogP contribution in [-0.2, 0) is 11.2 Å². The van der Waals surface area contributed by atoms with Gasteiger partial charge in [0.2, 0.25) is 5.91 Å². The zero-order chi connectivity index (χ0) is 22.1. The molecule has 2 fully saturated rings. The van der Waals surface area contributed by atoms with Crippen molar-refractivity contribution in [2.75, 3.05) is 69.2 Å². The Kier molecular flexibility index (Phi) is 5.70. The second kappa shape index (κ2) is 8.78. The van der Waals surface area contributed by atoms with Gasteiger partial charge < -0.3 is 24.6 Å². The lowest BCUT2D eigenvalue weighted by Crippen LogP contribution is -2.49. The van der Waals surface area contributed by atoms with E-state index in [0.717, 1.165) is 73.2 Å². The van der Waals surface area contributed by atoms with Crippen LogP contribution in [0.2, 0.25) is 0 Å². The van der Waals surface area contributed by atoms with Gasteiger partial charge in [-0.2, -0.15) is 0 Å². The second-order valence-corrected chi connectivity index (χ2v) is 8.83. The van der Waals surface area contributed by atoms with E-state index in [-0.39, 0.29) is 5.91 Å². The molecule has 2 saturated heterocycles. The third-order valence-electron chi connectivity index (χ3n) is 6.61. The quantitative estimate of drug-likeness (QED) is 0.678. The van der Waals surface area contributed by atoms with Crippen molar-refractivity contribution in [1.82, 2.24) is 24.8 Å². The summed E-state index contributed by atoms with van der Waals surface area (Å²) in [5, 5.41) is 1.13. The molecule has 2 aliphatic heterocycles. The number of anilines is 2. The van der Waals surface area contributed by atoms with E-state index in [4.69, 9.17) is 4.98 Å². The highest BCUT2D eigenvalue weighted by Gasteiger charge is 2.24. The number of aromatic amines is 1. The van der Waals surface area contributed by atoms with Crippen LogP contribution in [0.5, 0.6) is 0 Å². The van der Waals surface area contributed by atoms with Crippen LogP contribution in [-0.4, -0.2) is 90.1 Å². The number of aryl methyl sites for hydroxylation is 1. The average Bonchev–Trinajstić information content (AvgIpc) is 3.22. The van der Waals surface area contributed by atoms with Crippen LogP contribution in [0.4, 0.5) is 11.6 Å². The van der Waals surface area contributed by atoms with E-state index in [2.05, 4.69) is 43.8 Å². The monoisotopic (exact) mass is 433 g/mol. The lowest BCUT2D eigenvalue weighted by molar-refractivity contribution is -0.130. The number of hydrogen-bond acceptors (Lipinski definition) is 6. The SMILES string of the molecule is Cc1nc(N2CCN(C)CC2)cc(N2CCN(C(=O)Cc3c[nH]c4ccccc34)CC2)n1. The molecule has 3 aromatic rings. The van der Waals surface area contributed by atoms with Gasteiger partial charge in [-0.1, -0.05) is 18.2 Å². The van der Waals surface area contributed by atoms with Crippen LogP contribution < -0.4 is 9.80 Å². The molecule has 2 aromatic heterocycles. The van der Waals surface area contributed by atoms with Crippen molar-refractivity contribution in [2.24, 2.45) is 0 Å².